The van der Waals surface area contributed by atoms with Gasteiger partial charge < -0.3 is 9.47 Å². The molecule has 1 aromatic rings. The van der Waals surface area contributed by atoms with E-state index in [-0.39, 0.29) is 5.60 Å². The lowest BCUT2D eigenvalue weighted by atomic mass is 9.91. The van der Waals surface area contributed by atoms with Gasteiger partial charge in [-0.25, -0.2) is 0 Å². The molecule has 0 radical (unpaired) electrons. The van der Waals surface area contributed by atoms with Gasteiger partial charge in [0.1, 0.15) is 17.1 Å². The Hall–Kier alpha value is -1.18. The number of hydrogen-bond donors (Lipinski definition) is 0. The molecule has 0 spiro atoms. The van der Waals surface area contributed by atoms with E-state index >= 15 is 0 Å². The van der Waals surface area contributed by atoms with Crippen molar-refractivity contribution in [1.29, 1.82) is 0 Å². The van der Waals surface area contributed by atoms with Crippen molar-refractivity contribution in [3.8, 4) is 11.5 Å². The van der Waals surface area contributed by atoms with Crippen LogP contribution in [-0.4, -0.2) is 12.2 Å². The molecule has 0 saturated heterocycles. The fourth-order valence-electron chi connectivity index (χ4n) is 2.58. The highest BCUT2D eigenvalue weighted by Gasteiger charge is 2.30. The van der Waals surface area contributed by atoms with Gasteiger partial charge in [0.2, 0.25) is 0 Å². The van der Waals surface area contributed by atoms with Crippen LogP contribution in [0, 0.1) is 0 Å². The van der Waals surface area contributed by atoms with E-state index in [1.807, 2.05) is 0 Å². The summed E-state index contributed by atoms with van der Waals surface area (Å²) in [6, 6.07) is 4.28. The van der Waals surface area contributed by atoms with E-state index < -0.39 is 0 Å². The Labute approximate surface area is 96.6 Å². The summed E-state index contributed by atoms with van der Waals surface area (Å²) in [4.78, 5) is 0. The highest BCUT2D eigenvalue weighted by atomic mass is 16.5. The van der Waals surface area contributed by atoms with Gasteiger partial charge >= 0.3 is 0 Å². The predicted molar refractivity (Wildman–Crippen MR) is 63.3 cm³/mol. The first-order chi connectivity index (χ1) is 7.66. The van der Waals surface area contributed by atoms with Crippen LogP contribution in [0.1, 0.15) is 37.8 Å². The molecule has 0 bridgehead atoms. The summed E-state index contributed by atoms with van der Waals surface area (Å²) in [5, 5.41) is 0. The summed E-state index contributed by atoms with van der Waals surface area (Å²) >= 11 is 0. The smallest absolute Gasteiger partial charge is 0.129 e. The number of fused-ring (bicyclic) bond motifs is 3. The van der Waals surface area contributed by atoms with Crippen LogP contribution >= 0.6 is 0 Å². The quantitative estimate of drug-likeness (QED) is 0.666. The molecule has 0 N–H and O–H groups in total. The van der Waals surface area contributed by atoms with Crippen molar-refractivity contribution in [2.75, 3.05) is 6.61 Å². The second-order valence-electron chi connectivity index (χ2n) is 5.34. The zero-order chi connectivity index (χ0) is 11.2. The Bertz CT molecular complexity index is 421. The largest absolute Gasteiger partial charge is 0.493 e. The van der Waals surface area contributed by atoms with Crippen molar-refractivity contribution < 1.29 is 9.47 Å². The average molecular weight is 218 g/mol. The molecule has 86 valence electrons. The standard InChI is InChI=1S/C14H18O2/c1-14(2)8-7-11-12(16-14)6-5-10-4-3-9-15-13(10)11/h5-6H,3-4,7-9H2,1-2H3. The molecule has 2 heteroatoms. The summed E-state index contributed by atoms with van der Waals surface area (Å²) in [7, 11) is 0. The third-order valence-corrected chi connectivity index (χ3v) is 3.50. The van der Waals surface area contributed by atoms with Gasteiger partial charge in [0.25, 0.3) is 0 Å². The molecule has 2 aliphatic rings. The van der Waals surface area contributed by atoms with Crippen LogP contribution < -0.4 is 9.47 Å². The van der Waals surface area contributed by atoms with Crippen LogP contribution in [0.5, 0.6) is 11.5 Å². The first-order valence-electron chi connectivity index (χ1n) is 6.12. The van der Waals surface area contributed by atoms with Crippen LogP contribution in [-0.2, 0) is 12.8 Å². The van der Waals surface area contributed by atoms with Crippen molar-refractivity contribution in [2.45, 2.75) is 45.1 Å². The monoisotopic (exact) mass is 218 g/mol. The third kappa shape index (κ3) is 1.57. The van der Waals surface area contributed by atoms with Crippen LogP contribution in [0.25, 0.3) is 0 Å². The zero-order valence-corrected chi connectivity index (χ0v) is 10.0. The van der Waals surface area contributed by atoms with E-state index in [2.05, 4.69) is 26.0 Å². The van der Waals surface area contributed by atoms with Crippen molar-refractivity contribution >= 4 is 0 Å². The fourth-order valence-corrected chi connectivity index (χ4v) is 2.58. The summed E-state index contributed by atoms with van der Waals surface area (Å²) in [6.07, 6.45) is 4.43. The SMILES string of the molecule is CC1(C)CCc2c(ccc3c2OCCC3)O1. The minimum atomic E-state index is -0.0318. The predicted octanol–water partition coefficient (Wildman–Crippen LogP) is 3.12. The number of hydrogen-bond acceptors (Lipinski definition) is 2. The average Bonchev–Trinajstić information content (AvgIpc) is 2.27. The van der Waals surface area contributed by atoms with Gasteiger partial charge in [-0.05, 0) is 51.2 Å². The second-order valence-corrected chi connectivity index (χ2v) is 5.34. The van der Waals surface area contributed by atoms with Gasteiger partial charge in [-0.2, -0.15) is 0 Å². The molecule has 0 aromatic heterocycles. The summed E-state index contributed by atoms with van der Waals surface area (Å²) in [6.45, 7) is 5.15. The van der Waals surface area contributed by atoms with E-state index in [1.165, 1.54) is 11.1 Å². The van der Waals surface area contributed by atoms with E-state index in [4.69, 9.17) is 9.47 Å². The Morgan fingerprint density at radius 3 is 2.94 bits per heavy atom. The number of rotatable bonds is 0. The molecule has 0 amide bonds. The topological polar surface area (TPSA) is 18.5 Å². The molecule has 2 aliphatic heterocycles. The van der Waals surface area contributed by atoms with Crippen LogP contribution in [0.2, 0.25) is 0 Å². The highest BCUT2D eigenvalue weighted by Crippen LogP contribution is 2.41. The van der Waals surface area contributed by atoms with Crippen molar-refractivity contribution in [2.24, 2.45) is 0 Å². The van der Waals surface area contributed by atoms with Gasteiger partial charge in [-0.15, -0.1) is 0 Å². The van der Waals surface area contributed by atoms with E-state index in [0.717, 1.165) is 43.8 Å². The normalized spacial score (nSPS) is 21.4. The molecule has 2 nitrogen and oxygen atoms in total. The lowest BCUT2D eigenvalue weighted by molar-refractivity contribution is 0.0829. The van der Waals surface area contributed by atoms with Gasteiger partial charge in [0.05, 0.1) is 6.61 Å². The summed E-state index contributed by atoms with van der Waals surface area (Å²) in [5.41, 5.74) is 2.61. The summed E-state index contributed by atoms with van der Waals surface area (Å²) < 4.78 is 11.8. The maximum absolute atomic E-state index is 6.01. The minimum Gasteiger partial charge on any atom is -0.493 e. The van der Waals surface area contributed by atoms with Gasteiger partial charge in [-0.3, -0.25) is 0 Å². The van der Waals surface area contributed by atoms with Crippen molar-refractivity contribution in [3.63, 3.8) is 0 Å². The van der Waals surface area contributed by atoms with E-state index in [0.29, 0.717) is 0 Å². The Kier molecular flexibility index (Phi) is 2.13. The zero-order valence-electron chi connectivity index (χ0n) is 10.0. The number of ether oxygens (including phenoxy) is 2. The molecule has 0 atom stereocenters. The molecule has 0 saturated carbocycles. The molecule has 0 aliphatic carbocycles. The molecule has 3 rings (SSSR count). The molecule has 16 heavy (non-hydrogen) atoms. The number of benzene rings is 1. The lowest BCUT2D eigenvalue weighted by Crippen LogP contribution is -2.33. The maximum atomic E-state index is 6.01. The lowest BCUT2D eigenvalue weighted by Gasteiger charge is -2.34. The summed E-state index contributed by atoms with van der Waals surface area (Å²) in [5.74, 6) is 2.14. The van der Waals surface area contributed by atoms with Crippen LogP contribution in [0.3, 0.4) is 0 Å². The first-order valence-corrected chi connectivity index (χ1v) is 6.12. The Balaban J connectivity index is 2.05. The molecule has 0 unspecified atom stereocenters. The Morgan fingerprint density at radius 2 is 2.06 bits per heavy atom. The molecular weight excluding hydrogens is 200 g/mol. The van der Waals surface area contributed by atoms with Crippen molar-refractivity contribution in [3.05, 3.63) is 23.3 Å². The van der Waals surface area contributed by atoms with Gasteiger partial charge in [-0.1, -0.05) is 6.07 Å². The fraction of sp³-hybridized carbons (Fsp3) is 0.571. The van der Waals surface area contributed by atoms with Gasteiger partial charge in [0.15, 0.2) is 0 Å². The molecular formula is C14H18O2. The minimum absolute atomic E-state index is 0.0318. The first kappa shape index (κ1) is 10.0. The van der Waals surface area contributed by atoms with Crippen molar-refractivity contribution in [1.82, 2.24) is 0 Å². The maximum Gasteiger partial charge on any atom is 0.129 e. The molecule has 0 fully saturated rings. The van der Waals surface area contributed by atoms with Gasteiger partial charge in [0, 0.05) is 5.56 Å². The van der Waals surface area contributed by atoms with E-state index in [1.54, 1.807) is 0 Å². The highest BCUT2D eigenvalue weighted by molar-refractivity contribution is 5.52. The van der Waals surface area contributed by atoms with E-state index in [9.17, 15) is 0 Å². The second kappa shape index (κ2) is 3.41. The third-order valence-electron chi connectivity index (χ3n) is 3.50. The molecule has 2 heterocycles. The number of aryl methyl sites for hydroxylation is 1. The molecule has 1 aromatic carbocycles. The van der Waals surface area contributed by atoms with Crippen LogP contribution in [0.15, 0.2) is 12.1 Å². The Morgan fingerprint density at radius 1 is 1.19 bits per heavy atom. The van der Waals surface area contributed by atoms with Crippen LogP contribution in [0.4, 0.5) is 0 Å².